The van der Waals surface area contributed by atoms with Crippen molar-refractivity contribution in [3.05, 3.63) is 60.2 Å². The normalized spacial score (nSPS) is 12.0. The summed E-state index contributed by atoms with van der Waals surface area (Å²) < 4.78 is 5.50. The summed E-state index contributed by atoms with van der Waals surface area (Å²) in [5, 5.41) is 3.55. The minimum absolute atomic E-state index is 0.233. The lowest BCUT2D eigenvalue weighted by Gasteiger charge is -2.27. The van der Waals surface area contributed by atoms with Crippen molar-refractivity contribution in [3.8, 4) is 5.75 Å². The van der Waals surface area contributed by atoms with E-state index in [0.717, 1.165) is 18.8 Å². The molecule has 1 atom stereocenters. The first-order chi connectivity index (χ1) is 10.3. The lowest BCUT2D eigenvalue weighted by atomic mass is 10.0. The van der Waals surface area contributed by atoms with Gasteiger partial charge in [0.15, 0.2) is 0 Å². The van der Waals surface area contributed by atoms with Crippen molar-refractivity contribution in [2.75, 3.05) is 32.1 Å². The number of ether oxygens (including phenoxy) is 1. The van der Waals surface area contributed by atoms with Crippen molar-refractivity contribution >= 4 is 5.69 Å². The molecule has 3 nitrogen and oxygen atoms in total. The van der Waals surface area contributed by atoms with E-state index in [2.05, 4.69) is 60.6 Å². The molecule has 1 N–H and O–H groups in total. The molecule has 2 aromatic carbocycles. The van der Waals surface area contributed by atoms with E-state index in [9.17, 15) is 0 Å². The zero-order valence-corrected chi connectivity index (χ0v) is 13.0. The highest BCUT2D eigenvalue weighted by Gasteiger charge is 2.17. The molecule has 1 unspecified atom stereocenters. The van der Waals surface area contributed by atoms with E-state index < -0.39 is 0 Å². The highest BCUT2D eigenvalue weighted by molar-refractivity contribution is 5.46. The average Bonchev–Trinajstić information content (AvgIpc) is 2.55. The number of nitrogens with one attached hydrogen (secondary N) is 1. The monoisotopic (exact) mass is 284 g/mol. The second-order valence-corrected chi connectivity index (χ2v) is 5.07. The second-order valence-electron chi connectivity index (χ2n) is 5.07. The van der Waals surface area contributed by atoms with Crippen LogP contribution in [0.2, 0.25) is 0 Å². The fourth-order valence-electron chi connectivity index (χ4n) is 2.54. The SMILES string of the molecule is CCNC(CN(C)c1ccccc1)c1ccccc1OC. The van der Waals surface area contributed by atoms with Crippen molar-refractivity contribution < 1.29 is 4.74 Å². The van der Waals surface area contributed by atoms with Gasteiger partial charge in [-0.05, 0) is 24.7 Å². The predicted octanol–water partition coefficient (Wildman–Crippen LogP) is 3.48. The maximum absolute atomic E-state index is 5.50. The number of rotatable bonds is 7. The van der Waals surface area contributed by atoms with Crippen LogP contribution in [0.5, 0.6) is 5.75 Å². The average molecular weight is 284 g/mol. The van der Waals surface area contributed by atoms with E-state index in [-0.39, 0.29) is 6.04 Å². The molecule has 0 saturated carbocycles. The van der Waals surface area contributed by atoms with Gasteiger partial charge in [0.1, 0.15) is 5.75 Å². The molecule has 0 amide bonds. The summed E-state index contributed by atoms with van der Waals surface area (Å²) in [6, 6.07) is 18.9. The lowest BCUT2D eigenvalue weighted by molar-refractivity contribution is 0.400. The van der Waals surface area contributed by atoms with Crippen molar-refractivity contribution in [1.29, 1.82) is 0 Å². The molecule has 0 radical (unpaired) electrons. The van der Waals surface area contributed by atoms with E-state index in [4.69, 9.17) is 4.74 Å². The standard InChI is InChI=1S/C18H24N2O/c1-4-19-17(16-12-8-9-13-18(16)21-3)14-20(2)15-10-6-5-7-11-15/h5-13,17,19H,4,14H2,1-3H3. The molecule has 0 aliphatic rings. The quantitative estimate of drug-likeness (QED) is 0.842. The fraction of sp³-hybridized carbons (Fsp3) is 0.333. The predicted molar refractivity (Wildman–Crippen MR) is 89.1 cm³/mol. The molecule has 0 fully saturated rings. The number of anilines is 1. The van der Waals surface area contributed by atoms with Gasteiger partial charge in [-0.15, -0.1) is 0 Å². The summed E-state index contributed by atoms with van der Waals surface area (Å²) in [5.74, 6) is 0.935. The van der Waals surface area contributed by atoms with Crippen LogP contribution in [0, 0.1) is 0 Å². The summed E-state index contributed by atoms with van der Waals surface area (Å²) in [7, 11) is 3.85. The van der Waals surface area contributed by atoms with Crippen LogP contribution in [0.25, 0.3) is 0 Å². The molecule has 0 heterocycles. The Balaban J connectivity index is 2.19. The van der Waals surface area contributed by atoms with E-state index in [0.29, 0.717) is 0 Å². The van der Waals surface area contributed by atoms with Gasteiger partial charge in [0.05, 0.1) is 13.2 Å². The Morgan fingerprint density at radius 2 is 1.71 bits per heavy atom. The molecular formula is C18H24N2O. The highest BCUT2D eigenvalue weighted by Crippen LogP contribution is 2.26. The maximum atomic E-state index is 5.50. The summed E-state index contributed by atoms with van der Waals surface area (Å²) in [6.07, 6.45) is 0. The van der Waals surface area contributed by atoms with Crippen molar-refractivity contribution in [1.82, 2.24) is 5.32 Å². The van der Waals surface area contributed by atoms with Gasteiger partial charge in [0.2, 0.25) is 0 Å². The van der Waals surface area contributed by atoms with E-state index in [1.54, 1.807) is 7.11 Å². The Bertz CT molecular complexity index is 542. The van der Waals surface area contributed by atoms with Crippen LogP contribution in [-0.2, 0) is 0 Å². The van der Waals surface area contributed by atoms with E-state index >= 15 is 0 Å². The van der Waals surface area contributed by atoms with E-state index in [1.165, 1.54) is 11.3 Å². The summed E-state index contributed by atoms with van der Waals surface area (Å²) in [4.78, 5) is 2.26. The summed E-state index contributed by atoms with van der Waals surface area (Å²) in [6.45, 7) is 3.94. The van der Waals surface area contributed by atoms with Crippen LogP contribution in [0.1, 0.15) is 18.5 Å². The Kier molecular flexibility index (Phi) is 5.64. The van der Waals surface area contributed by atoms with Gasteiger partial charge in [-0.3, -0.25) is 0 Å². The molecule has 0 aliphatic carbocycles. The molecule has 3 heteroatoms. The third kappa shape index (κ3) is 3.99. The zero-order valence-electron chi connectivity index (χ0n) is 13.0. The molecule has 2 aromatic rings. The maximum Gasteiger partial charge on any atom is 0.123 e. The molecule has 21 heavy (non-hydrogen) atoms. The topological polar surface area (TPSA) is 24.5 Å². The van der Waals surface area contributed by atoms with Crippen LogP contribution >= 0.6 is 0 Å². The largest absolute Gasteiger partial charge is 0.496 e. The number of hydrogen-bond acceptors (Lipinski definition) is 3. The van der Waals surface area contributed by atoms with Gasteiger partial charge in [-0.1, -0.05) is 43.3 Å². The summed E-state index contributed by atoms with van der Waals surface area (Å²) in [5.41, 5.74) is 2.42. The Morgan fingerprint density at radius 3 is 2.38 bits per heavy atom. The minimum atomic E-state index is 0.233. The molecule has 0 aromatic heterocycles. The lowest BCUT2D eigenvalue weighted by Crippen LogP contribution is -2.33. The van der Waals surface area contributed by atoms with Gasteiger partial charge in [-0.25, -0.2) is 0 Å². The van der Waals surface area contributed by atoms with E-state index in [1.807, 2.05) is 18.2 Å². The number of para-hydroxylation sites is 2. The van der Waals surface area contributed by atoms with Crippen LogP contribution < -0.4 is 15.0 Å². The van der Waals surface area contributed by atoms with Gasteiger partial charge in [-0.2, -0.15) is 0 Å². The zero-order chi connectivity index (χ0) is 15.1. The van der Waals surface area contributed by atoms with Crippen LogP contribution in [0.3, 0.4) is 0 Å². The number of benzene rings is 2. The molecule has 2 rings (SSSR count). The Morgan fingerprint density at radius 1 is 1.05 bits per heavy atom. The first-order valence-electron chi connectivity index (χ1n) is 7.38. The first kappa shape index (κ1) is 15.4. The van der Waals surface area contributed by atoms with Crippen LogP contribution in [0.15, 0.2) is 54.6 Å². The van der Waals surface area contributed by atoms with Gasteiger partial charge < -0.3 is 15.0 Å². The van der Waals surface area contributed by atoms with Crippen molar-refractivity contribution in [2.24, 2.45) is 0 Å². The molecule has 0 saturated heterocycles. The Labute approximate surface area is 127 Å². The number of likely N-dealkylation sites (N-methyl/N-ethyl adjacent to an activating group) is 2. The molecular weight excluding hydrogens is 260 g/mol. The second kappa shape index (κ2) is 7.70. The minimum Gasteiger partial charge on any atom is -0.496 e. The van der Waals surface area contributed by atoms with Gasteiger partial charge in [0.25, 0.3) is 0 Å². The summed E-state index contributed by atoms with van der Waals surface area (Å²) >= 11 is 0. The van der Waals surface area contributed by atoms with Gasteiger partial charge >= 0.3 is 0 Å². The van der Waals surface area contributed by atoms with Crippen LogP contribution in [0.4, 0.5) is 5.69 Å². The molecule has 112 valence electrons. The third-order valence-electron chi connectivity index (χ3n) is 3.62. The van der Waals surface area contributed by atoms with Crippen LogP contribution in [-0.4, -0.2) is 27.2 Å². The van der Waals surface area contributed by atoms with Crippen molar-refractivity contribution in [2.45, 2.75) is 13.0 Å². The smallest absolute Gasteiger partial charge is 0.123 e. The first-order valence-corrected chi connectivity index (χ1v) is 7.38. The van der Waals surface area contributed by atoms with Gasteiger partial charge in [0, 0.05) is 24.8 Å². The molecule has 0 bridgehead atoms. The Hall–Kier alpha value is -2.00. The fourth-order valence-corrected chi connectivity index (χ4v) is 2.54. The molecule has 0 spiro atoms. The van der Waals surface area contributed by atoms with Crippen molar-refractivity contribution in [3.63, 3.8) is 0 Å². The highest BCUT2D eigenvalue weighted by atomic mass is 16.5. The number of hydrogen-bond donors (Lipinski definition) is 1. The number of methoxy groups -OCH3 is 1. The molecule has 0 aliphatic heterocycles. The number of nitrogens with zero attached hydrogens (tertiary/aromatic N) is 1. The third-order valence-corrected chi connectivity index (χ3v) is 3.62.